The van der Waals surface area contributed by atoms with Crippen LogP contribution in [0, 0.1) is 0 Å². The molecule has 0 aliphatic carbocycles. The van der Waals surface area contributed by atoms with Crippen LogP contribution in [0.1, 0.15) is 26.7 Å². The van der Waals surface area contributed by atoms with Crippen molar-refractivity contribution in [3.63, 3.8) is 0 Å². The fourth-order valence-electron chi connectivity index (χ4n) is 1.98. The third kappa shape index (κ3) is 8.84. The highest BCUT2D eigenvalue weighted by atomic mass is 32.3. The first-order chi connectivity index (χ1) is 12.0. The molecule has 0 bridgehead atoms. The SMILES string of the molecule is C=C(C)C(=O)OC(CC)CC(=O)OCCS(=O)(=O)C(S(C)(=O)=O)S(C)(=O)=O. The molecule has 0 saturated carbocycles. The summed E-state index contributed by atoms with van der Waals surface area (Å²) in [6.07, 6.45) is 0.111. The summed E-state index contributed by atoms with van der Waals surface area (Å²) < 4.78 is 77.4. The third-order valence-corrected chi connectivity index (χ3v) is 11.8. The van der Waals surface area contributed by atoms with E-state index in [9.17, 15) is 34.8 Å². The van der Waals surface area contributed by atoms with Gasteiger partial charge in [0.1, 0.15) is 12.7 Å². The lowest BCUT2D eigenvalue weighted by molar-refractivity contribution is -0.152. The second-order valence-corrected chi connectivity index (χ2v) is 13.3. The van der Waals surface area contributed by atoms with E-state index in [4.69, 9.17) is 9.47 Å². The summed E-state index contributed by atoms with van der Waals surface area (Å²) in [5.41, 5.74) is 0.139. The van der Waals surface area contributed by atoms with Crippen LogP contribution in [-0.4, -0.2) is 72.1 Å². The minimum atomic E-state index is -4.65. The second-order valence-electron chi connectivity index (χ2n) is 5.96. The van der Waals surface area contributed by atoms with Gasteiger partial charge in [0.25, 0.3) is 3.91 Å². The summed E-state index contributed by atoms with van der Waals surface area (Å²) in [4.78, 5) is 23.2. The van der Waals surface area contributed by atoms with Gasteiger partial charge in [-0.1, -0.05) is 13.5 Å². The van der Waals surface area contributed by atoms with Crippen LogP contribution in [0.15, 0.2) is 12.2 Å². The molecule has 0 rings (SSSR count). The highest BCUT2D eigenvalue weighted by Gasteiger charge is 2.43. The maximum absolute atomic E-state index is 12.1. The normalized spacial score (nSPS) is 13.8. The predicted molar refractivity (Wildman–Crippen MR) is 97.8 cm³/mol. The quantitative estimate of drug-likeness (QED) is 0.301. The number of ether oxygens (including phenoxy) is 2. The van der Waals surface area contributed by atoms with E-state index >= 15 is 0 Å². The largest absolute Gasteiger partial charge is 0.464 e. The van der Waals surface area contributed by atoms with Crippen LogP contribution in [-0.2, 0) is 48.6 Å². The molecule has 27 heavy (non-hydrogen) atoms. The fraction of sp³-hybridized carbons (Fsp3) is 0.714. The zero-order chi connectivity index (χ0) is 21.6. The Hall–Kier alpha value is -1.47. The van der Waals surface area contributed by atoms with Gasteiger partial charge in [-0.25, -0.2) is 30.0 Å². The molecule has 1 unspecified atom stereocenters. The van der Waals surface area contributed by atoms with Crippen molar-refractivity contribution in [1.29, 1.82) is 0 Å². The highest BCUT2D eigenvalue weighted by molar-refractivity contribution is 8.23. The zero-order valence-corrected chi connectivity index (χ0v) is 17.9. The van der Waals surface area contributed by atoms with Crippen LogP contribution in [0.3, 0.4) is 0 Å². The summed E-state index contributed by atoms with van der Waals surface area (Å²) in [6.45, 7) is 5.73. The smallest absolute Gasteiger partial charge is 0.333 e. The molecule has 0 N–H and O–H groups in total. The molecule has 0 fully saturated rings. The van der Waals surface area contributed by atoms with Gasteiger partial charge in [-0.05, 0) is 13.3 Å². The molecule has 13 heteroatoms. The standard InChI is InChI=1S/C14H24O10S3/c1-6-11(24-13(16)10(2)3)9-12(15)23-7-8-27(21,22)14(25(4,17)18)26(5,19)20/h11,14H,2,6-9H2,1,3-5H3. The van der Waals surface area contributed by atoms with Crippen LogP contribution in [0.4, 0.5) is 0 Å². The van der Waals surface area contributed by atoms with Gasteiger partial charge in [0, 0.05) is 18.1 Å². The third-order valence-electron chi connectivity index (χ3n) is 3.10. The predicted octanol–water partition coefficient (Wildman–Crippen LogP) is -0.395. The van der Waals surface area contributed by atoms with Crippen LogP contribution in [0.2, 0.25) is 0 Å². The number of rotatable bonds is 11. The van der Waals surface area contributed by atoms with E-state index in [0.29, 0.717) is 12.5 Å². The number of hydrogen-bond acceptors (Lipinski definition) is 10. The van der Waals surface area contributed by atoms with Gasteiger partial charge in [0.05, 0.1) is 12.2 Å². The summed E-state index contributed by atoms with van der Waals surface area (Å²) in [6, 6.07) is 0. The number of sulfone groups is 3. The molecule has 1 atom stereocenters. The Kier molecular flexibility index (Phi) is 9.12. The average Bonchev–Trinajstić information content (AvgIpc) is 2.41. The van der Waals surface area contributed by atoms with E-state index in [1.807, 2.05) is 0 Å². The van der Waals surface area contributed by atoms with Crippen molar-refractivity contribution in [2.45, 2.75) is 36.7 Å². The number of hydrogen-bond donors (Lipinski definition) is 0. The van der Waals surface area contributed by atoms with Gasteiger partial charge in [0.2, 0.25) is 0 Å². The molecular weight excluding hydrogens is 424 g/mol. The van der Waals surface area contributed by atoms with Crippen LogP contribution < -0.4 is 0 Å². The minimum absolute atomic E-state index is 0.139. The molecule has 0 aliphatic heterocycles. The van der Waals surface area contributed by atoms with Gasteiger partial charge < -0.3 is 9.47 Å². The van der Waals surface area contributed by atoms with Crippen molar-refractivity contribution in [1.82, 2.24) is 0 Å². The molecule has 0 saturated heterocycles. The van der Waals surface area contributed by atoms with Gasteiger partial charge in [-0.2, -0.15) is 0 Å². The first-order valence-corrected chi connectivity index (χ1v) is 13.3. The van der Waals surface area contributed by atoms with Crippen LogP contribution >= 0.6 is 0 Å². The van der Waals surface area contributed by atoms with Gasteiger partial charge in [0.15, 0.2) is 29.5 Å². The van der Waals surface area contributed by atoms with E-state index in [2.05, 4.69) is 6.58 Å². The Morgan fingerprint density at radius 2 is 1.48 bits per heavy atom. The van der Waals surface area contributed by atoms with E-state index in [-0.39, 0.29) is 18.4 Å². The van der Waals surface area contributed by atoms with Crippen molar-refractivity contribution in [2.24, 2.45) is 0 Å². The lowest BCUT2D eigenvalue weighted by Crippen LogP contribution is -2.39. The van der Waals surface area contributed by atoms with Crippen molar-refractivity contribution < 1.29 is 44.3 Å². The minimum Gasteiger partial charge on any atom is -0.464 e. The Bertz CT molecular complexity index is 849. The number of esters is 2. The monoisotopic (exact) mass is 448 g/mol. The van der Waals surface area contributed by atoms with Gasteiger partial charge in [-0.3, -0.25) is 4.79 Å². The summed E-state index contributed by atoms with van der Waals surface area (Å²) in [5, 5.41) is 0. The average molecular weight is 449 g/mol. The molecule has 0 spiro atoms. The topological polar surface area (TPSA) is 155 Å². The van der Waals surface area contributed by atoms with Crippen molar-refractivity contribution in [3.05, 3.63) is 12.2 Å². The molecular formula is C14H24O10S3. The fourth-order valence-corrected chi connectivity index (χ4v) is 9.87. The van der Waals surface area contributed by atoms with Gasteiger partial charge >= 0.3 is 11.9 Å². The first-order valence-electron chi connectivity index (χ1n) is 7.63. The van der Waals surface area contributed by atoms with Gasteiger partial charge in [-0.15, -0.1) is 0 Å². The molecule has 0 radical (unpaired) electrons. The Labute approximate surface area is 159 Å². The Morgan fingerprint density at radius 3 is 1.85 bits per heavy atom. The number of carbonyl (C=O) groups excluding carboxylic acids is 2. The summed E-state index contributed by atoms with van der Waals surface area (Å²) >= 11 is 0. The van der Waals surface area contributed by atoms with E-state index in [0.717, 1.165) is 0 Å². The Morgan fingerprint density at radius 1 is 1.00 bits per heavy atom. The molecule has 0 heterocycles. The molecule has 0 amide bonds. The first kappa shape index (κ1) is 25.5. The second kappa shape index (κ2) is 9.64. The van der Waals surface area contributed by atoms with Crippen molar-refractivity contribution >= 4 is 41.5 Å². The molecule has 0 aromatic heterocycles. The summed E-state index contributed by atoms with van der Waals surface area (Å²) in [5.74, 6) is -2.57. The van der Waals surface area contributed by atoms with E-state index in [1.165, 1.54) is 6.92 Å². The maximum Gasteiger partial charge on any atom is 0.333 e. The maximum atomic E-state index is 12.1. The number of carbonyl (C=O) groups is 2. The van der Waals surface area contributed by atoms with Crippen molar-refractivity contribution in [2.75, 3.05) is 24.9 Å². The van der Waals surface area contributed by atoms with Crippen LogP contribution in [0.25, 0.3) is 0 Å². The molecule has 0 aromatic carbocycles. The lowest BCUT2D eigenvalue weighted by Gasteiger charge is -2.16. The molecule has 0 aliphatic rings. The highest BCUT2D eigenvalue weighted by Crippen LogP contribution is 2.16. The molecule has 10 nitrogen and oxygen atoms in total. The molecule has 158 valence electrons. The zero-order valence-electron chi connectivity index (χ0n) is 15.5. The lowest BCUT2D eigenvalue weighted by atomic mass is 10.2. The van der Waals surface area contributed by atoms with E-state index in [1.54, 1.807) is 6.92 Å². The van der Waals surface area contributed by atoms with E-state index < -0.39 is 63.8 Å². The Balaban J connectivity index is 4.92. The van der Waals surface area contributed by atoms with Crippen LogP contribution in [0.5, 0.6) is 0 Å². The molecule has 0 aromatic rings. The van der Waals surface area contributed by atoms with Crippen molar-refractivity contribution in [3.8, 4) is 0 Å². The summed E-state index contributed by atoms with van der Waals surface area (Å²) in [7, 11) is -13.6.